The van der Waals surface area contributed by atoms with Gasteiger partial charge < -0.3 is 10.4 Å². The molecule has 1 fully saturated rings. The summed E-state index contributed by atoms with van der Waals surface area (Å²) in [5.41, 5.74) is 2.92. The first-order valence-electron chi connectivity index (χ1n) is 6.98. The lowest BCUT2D eigenvalue weighted by Gasteiger charge is -2.27. The Hall–Kier alpha value is -1.03. The van der Waals surface area contributed by atoms with E-state index in [0.717, 1.165) is 16.7 Å². The van der Waals surface area contributed by atoms with Gasteiger partial charge in [0.25, 0.3) is 0 Å². The Morgan fingerprint density at radius 3 is 2.74 bits per heavy atom. The molecule has 2 aliphatic carbocycles. The summed E-state index contributed by atoms with van der Waals surface area (Å²) in [6, 6.07) is 0. The molecule has 1 saturated carbocycles. The Balaban J connectivity index is 1.83. The normalized spacial score (nSPS) is 27.5. The van der Waals surface area contributed by atoms with E-state index in [4.69, 9.17) is 5.11 Å². The summed E-state index contributed by atoms with van der Waals surface area (Å²) in [6.07, 6.45) is 11.0. The van der Waals surface area contributed by atoms with Gasteiger partial charge >= 0.3 is 5.97 Å². The number of nitrogens with one attached hydrogen (secondary N) is 1. The van der Waals surface area contributed by atoms with E-state index in [1.54, 1.807) is 6.08 Å². The molecule has 0 aromatic carbocycles. The minimum atomic E-state index is -0.838. The predicted molar refractivity (Wildman–Crippen MR) is 77.6 cm³/mol. The van der Waals surface area contributed by atoms with Gasteiger partial charge in [0.1, 0.15) is 0 Å². The highest BCUT2D eigenvalue weighted by Gasteiger charge is 2.35. The zero-order chi connectivity index (χ0) is 13.4. The molecule has 1 aliphatic heterocycles. The fourth-order valence-electron chi connectivity index (χ4n) is 3.49. The zero-order valence-corrected chi connectivity index (χ0v) is 12.4. The van der Waals surface area contributed by atoms with Crippen molar-refractivity contribution in [2.75, 3.05) is 0 Å². The molecule has 102 valence electrons. The first-order chi connectivity index (χ1) is 9.16. The molecule has 0 amide bonds. The second-order valence-electron chi connectivity index (χ2n) is 5.58. The van der Waals surface area contributed by atoms with Crippen LogP contribution in [0.15, 0.2) is 33.6 Å². The quantitative estimate of drug-likeness (QED) is 0.762. The molecular weight excluding hydrogens is 306 g/mol. The highest BCUT2D eigenvalue weighted by molar-refractivity contribution is 9.11. The van der Waals surface area contributed by atoms with Gasteiger partial charge in [0.15, 0.2) is 0 Å². The maximum atomic E-state index is 11.0. The van der Waals surface area contributed by atoms with Crippen LogP contribution in [0.3, 0.4) is 0 Å². The van der Waals surface area contributed by atoms with Crippen molar-refractivity contribution in [3.63, 3.8) is 0 Å². The molecule has 3 rings (SSSR count). The zero-order valence-electron chi connectivity index (χ0n) is 10.8. The Morgan fingerprint density at radius 2 is 2.05 bits per heavy atom. The first kappa shape index (κ1) is 13.0. The van der Waals surface area contributed by atoms with Crippen LogP contribution in [0.25, 0.3) is 0 Å². The Morgan fingerprint density at radius 1 is 1.32 bits per heavy atom. The molecular formula is C15H18BrNO2. The molecule has 3 aliphatic rings. The summed E-state index contributed by atoms with van der Waals surface area (Å²) in [4.78, 5) is 11.0. The van der Waals surface area contributed by atoms with Crippen molar-refractivity contribution in [1.82, 2.24) is 5.32 Å². The third-order valence-corrected chi connectivity index (χ3v) is 5.09. The summed E-state index contributed by atoms with van der Waals surface area (Å²) < 4.78 is 1.08. The number of fused-ring (bicyclic) bond motifs is 1. The third-order valence-electron chi connectivity index (χ3n) is 4.43. The van der Waals surface area contributed by atoms with Crippen LogP contribution >= 0.6 is 15.9 Å². The van der Waals surface area contributed by atoms with Gasteiger partial charge in [0.05, 0.1) is 10.2 Å². The molecule has 0 spiro atoms. The van der Waals surface area contributed by atoms with Crippen LogP contribution in [-0.2, 0) is 4.79 Å². The van der Waals surface area contributed by atoms with Crippen molar-refractivity contribution in [1.29, 1.82) is 0 Å². The SMILES string of the molecule is O=C(O)C1=CC[C@@H]2C(=C1)NC(Br)=C2C1CCCCC1. The molecule has 2 N–H and O–H groups in total. The van der Waals surface area contributed by atoms with Crippen molar-refractivity contribution < 1.29 is 9.90 Å². The fourth-order valence-corrected chi connectivity index (χ4v) is 4.32. The number of hydrogen-bond donors (Lipinski definition) is 2. The average Bonchev–Trinajstić information content (AvgIpc) is 2.74. The number of rotatable bonds is 2. The van der Waals surface area contributed by atoms with Crippen molar-refractivity contribution in [3.05, 3.63) is 33.6 Å². The van der Waals surface area contributed by atoms with Crippen molar-refractivity contribution in [2.24, 2.45) is 11.8 Å². The van der Waals surface area contributed by atoms with Crippen LogP contribution in [0.4, 0.5) is 0 Å². The Kier molecular flexibility index (Phi) is 3.52. The van der Waals surface area contributed by atoms with E-state index in [2.05, 4.69) is 21.2 Å². The molecule has 0 aromatic heterocycles. The second-order valence-corrected chi connectivity index (χ2v) is 6.37. The molecule has 1 heterocycles. The molecule has 3 nitrogen and oxygen atoms in total. The summed E-state index contributed by atoms with van der Waals surface area (Å²) in [5, 5.41) is 12.4. The smallest absolute Gasteiger partial charge is 0.335 e. The number of carboxylic acid groups (broad SMARTS) is 1. The number of hydrogen-bond acceptors (Lipinski definition) is 2. The summed E-state index contributed by atoms with van der Waals surface area (Å²) in [6.45, 7) is 0. The van der Waals surface area contributed by atoms with Crippen molar-refractivity contribution in [3.8, 4) is 0 Å². The van der Waals surface area contributed by atoms with E-state index in [1.807, 2.05) is 6.08 Å². The number of allylic oxidation sites excluding steroid dienone is 2. The Labute approximate surface area is 121 Å². The van der Waals surface area contributed by atoms with Gasteiger partial charge in [-0.15, -0.1) is 0 Å². The summed E-state index contributed by atoms with van der Waals surface area (Å²) in [5.74, 6) is 0.182. The largest absolute Gasteiger partial charge is 0.478 e. The van der Waals surface area contributed by atoms with Crippen LogP contribution in [-0.4, -0.2) is 11.1 Å². The third kappa shape index (κ3) is 2.38. The molecule has 0 unspecified atom stereocenters. The van der Waals surface area contributed by atoms with Gasteiger partial charge in [-0.1, -0.05) is 25.3 Å². The monoisotopic (exact) mass is 323 g/mol. The van der Waals surface area contributed by atoms with Gasteiger partial charge in [-0.2, -0.15) is 0 Å². The van der Waals surface area contributed by atoms with Crippen molar-refractivity contribution >= 4 is 21.9 Å². The fraction of sp³-hybridized carbons (Fsp3) is 0.533. The predicted octanol–water partition coefficient (Wildman–Crippen LogP) is 3.69. The number of carbonyl (C=O) groups is 1. The van der Waals surface area contributed by atoms with Gasteiger partial charge in [0.2, 0.25) is 0 Å². The van der Waals surface area contributed by atoms with E-state index in [-0.39, 0.29) is 0 Å². The van der Waals surface area contributed by atoms with E-state index in [0.29, 0.717) is 17.4 Å². The van der Waals surface area contributed by atoms with Crippen LogP contribution < -0.4 is 5.32 Å². The van der Waals surface area contributed by atoms with Crippen LogP contribution in [0.5, 0.6) is 0 Å². The van der Waals surface area contributed by atoms with E-state index in [1.165, 1.54) is 37.7 Å². The topological polar surface area (TPSA) is 49.3 Å². The van der Waals surface area contributed by atoms with Gasteiger partial charge in [0, 0.05) is 11.6 Å². The summed E-state index contributed by atoms with van der Waals surface area (Å²) in [7, 11) is 0. The lowest BCUT2D eigenvalue weighted by molar-refractivity contribution is -0.132. The minimum Gasteiger partial charge on any atom is -0.478 e. The molecule has 0 saturated heterocycles. The van der Waals surface area contributed by atoms with E-state index < -0.39 is 5.97 Å². The second kappa shape index (κ2) is 5.16. The van der Waals surface area contributed by atoms with Crippen LogP contribution in [0, 0.1) is 11.8 Å². The number of carboxylic acids is 1. The van der Waals surface area contributed by atoms with Gasteiger partial charge in [-0.25, -0.2) is 4.79 Å². The lowest BCUT2D eigenvalue weighted by atomic mass is 9.77. The Bertz CT molecular complexity index is 498. The molecule has 19 heavy (non-hydrogen) atoms. The average molecular weight is 324 g/mol. The molecule has 1 atom stereocenters. The molecule has 0 radical (unpaired) electrons. The lowest BCUT2D eigenvalue weighted by Crippen LogP contribution is -2.18. The van der Waals surface area contributed by atoms with Gasteiger partial charge in [-0.3, -0.25) is 0 Å². The highest BCUT2D eigenvalue weighted by Crippen LogP contribution is 2.45. The number of halogens is 1. The molecule has 4 heteroatoms. The maximum absolute atomic E-state index is 11.0. The van der Waals surface area contributed by atoms with Gasteiger partial charge in [-0.05, 0) is 52.8 Å². The standard InChI is InChI=1S/C15H18BrNO2/c16-14-13(9-4-2-1-3-5-9)11-7-6-10(15(18)19)8-12(11)17-14/h6,8-9,11,17H,1-5,7H2,(H,18,19)/t11-/m1/s1. The minimum absolute atomic E-state index is 0.362. The maximum Gasteiger partial charge on any atom is 0.335 e. The first-order valence-corrected chi connectivity index (χ1v) is 7.77. The molecule has 0 aromatic rings. The summed E-state index contributed by atoms with van der Waals surface area (Å²) >= 11 is 3.64. The van der Waals surface area contributed by atoms with Crippen molar-refractivity contribution in [2.45, 2.75) is 38.5 Å². The van der Waals surface area contributed by atoms with E-state index >= 15 is 0 Å². The number of aliphatic carboxylic acids is 1. The van der Waals surface area contributed by atoms with Crippen LogP contribution in [0.1, 0.15) is 38.5 Å². The van der Waals surface area contributed by atoms with Crippen LogP contribution in [0.2, 0.25) is 0 Å². The molecule has 0 bridgehead atoms. The highest BCUT2D eigenvalue weighted by atomic mass is 79.9. The van der Waals surface area contributed by atoms with E-state index in [9.17, 15) is 4.79 Å².